The number of hydrogen-bond donors (Lipinski definition) is 1. The maximum Gasteiger partial charge on any atom is 0.416 e. The first-order valence-electron chi connectivity index (χ1n) is 7.70. The Bertz CT molecular complexity index is 739. The first-order valence-corrected chi connectivity index (χ1v) is 7.70. The second-order valence-electron chi connectivity index (χ2n) is 5.75. The van der Waals surface area contributed by atoms with Crippen LogP contribution in [0.25, 0.3) is 5.69 Å². The predicted molar refractivity (Wildman–Crippen MR) is 81.8 cm³/mol. The van der Waals surface area contributed by atoms with Gasteiger partial charge in [0, 0.05) is 44.4 Å². The SMILES string of the molecule is O=C(O)N1CCC(Oc2cc(-n3cccn3)cc(C(F)(F)F)c2)CC1. The molecule has 1 fully saturated rings. The van der Waals surface area contributed by atoms with Crippen LogP contribution in [0.2, 0.25) is 0 Å². The number of alkyl halides is 3. The number of likely N-dealkylation sites (tertiary alicyclic amines) is 1. The molecule has 0 atom stereocenters. The summed E-state index contributed by atoms with van der Waals surface area (Å²) in [5, 5.41) is 12.9. The van der Waals surface area contributed by atoms with Gasteiger partial charge in [-0.3, -0.25) is 0 Å². The van der Waals surface area contributed by atoms with E-state index in [-0.39, 0.29) is 17.5 Å². The number of amides is 1. The van der Waals surface area contributed by atoms with Gasteiger partial charge in [0.2, 0.25) is 0 Å². The molecule has 9 heteroatoms. The zero-order valence-corrected chi connectivity index (χ0v) is 13.1. The molecule has 1 amide bonds. The van der Waals surface area contributed by atoms with Gasteiger partial charge in [-0.25, -0.2) is 9.48 Å². The van der Waals surface area contributed by atoms with Crippen LogP contribution in [0.1, 0.15) is 18.4 Å². The van der Waals surface area contributed by atoms with E-state index in [1.165, 1.54) is 21.8 Å². The van der Waals surface area contributed by atoms with E-state index in [0.29, 0.717) is 25.9 Å². The van der Waals surface area contributed by atoms with Gasteiger partial charge in [-0.05, 0) is 18.2 Å². The molecule has 0 bridgehead atoms. The minimum Gasteiger partial charge on any atom is -0.490 e. The van der Waals surface area contributed by atoms with E-state index < -0.39 is 17.8 Å². The lowest BCUT2D eigenvalue weighted by molar-refractivity contribution is -0.137. The van der Waals surface area contributed by atoms with Crippen LogP contribution in [0.3, 0.4) is 0 Å². The normalized spacial score (nSPS) is 16.0. The van der Waals surface area contributed by atoms with Gasteiger partial charge >= 0.3 is 12.3 Å². The van der Waals surface area contributed by atoms with Gasteiger partial charge in [-0.2, -0.15) is 18.3 Å². The number of halogens is 3. The molecule has 25 heavy (non-hydrogen) atoms. The van der Waals surface area contributed by atoms with Crippen molar-refractivity contribution in [2.75, 3.05) is 13.1 Å². The van der Waals surface area contributed by atoms with Gasteiger partial charge in [-0.1, -0.05) is 0 Å². The summed E-state index contributed by atoms with van der Waals surface area (Å²) >= 11 is 0. The second kappa shape index (κ2) is 6.66. The van der Waals surface area contributed by atoms with Crippen molar-refractivity contribution in [3.63, 3.8) is 0 Å². The third kappa shape index (κ3) is 4.04. The molecule has 0 radical (unpaired) electrons. The third-order valence-corrected chi connectivity index (χ3v) is 4.00. The largest absolute Gasteiger partial charge is 0.490 e. The highest BCUT2D eigenvalue weighted by molar-refractivity contribution is 5.65. The first kappa shape index (κ1) is 17.1. The van der Waals surface area contributed by atoms with E-state index in [9.17, 15) is 18.0 Å². The smallest absolute Gasteiger partial charge is 0.416 e. The summed E-state index contributed by atoms with van der Waals surface area (Å²) in [6.07, 6.45) is -1.96. The fourth-order valence-corrected chi connectivity index (χ4v) is 2.73. The Morgan fingerprint density at radius 3 is 2.52 bits per heavy atom. The van der Waals surface area contributed by atoms with Gasteiger partial charge in [0.25, 0.3) is 0 Å². The molecule has 2 heterocycles. The van der Waals surface area contributed by atoms with Crippen molar-refractivity contribution in [1.82, 2.24) is 14.7 Å². The van der Waals surface area contributed by atoms with Crippen LogP contribution in [0.15, 0.2) is 36.7 Å². The van der Waals surface area contributed by atoms with E-state index in [1.807, 2.05) is 0 Å². The summed E-state index contributed by atoms with van der Waals surface area (Å²) in [5.41, 5.74) is -0.573. The molecule has 0 aliphatic carbocycles. The number of benzene rings is 1. The lowest BCUT2D eigenvalue weighted by Crippen LogP contribution is -2.41. The first-order chi connectivity index (χ1) is 11.8. The highest BCUT2D eigenvalue weighted by atomic mass is 19.4. The van der Waals surface area contributed by atoms with Crippen molar-refractivity contribution in [1.29, 1.82) is 0 Å². The standard InChI is InChI=1S/C16H16F3N3O3/c17-16(18,19)11-8-12(22-5-1-4-20-22)10-14(9-11)25-13-2-6-21(7-3-13)15(23)24/h1,4-5,8-10,13H,2-3,6-7H2,(H,23,24). The zero-order valence-electron chi connectivity index (χ0n) is 13.1. The molecule has 3 rings (SSSR count). The molecule has 1 aromatic carbocycles. The monoisotopic (exact) mass is 355 g/mol. The van der Waals surface area contributed by atoms with Crippen molar-refractivity contribution in [3.05, 3.63) is 42.2 Å². The second-order valence-corrected chi connectivity index (χ2v) is 5.75. The topological polar surface area (TPSA) is 67.6 Å². The molecule has 0 saturated carbocycles. The lowest BCUT2D eigenvalue weighted by atomic mass is 10.1. The van der Waals surface area contributed by atoms with Gasteiger partial charge in [0.1, 0.15) is 11.9 Å². The molecule has 1 saturated heterocycles. The number of nitrogens with zero attached hydrogens (tertiary/aromatic N) is 3. The summed E-state index contributed by atoms with van der Waals surface area (Å²) < 4.78 is 46.5. The van der Waals surface area contributed by atoms with E-state index in [1.54, 1.807) is 12.3 Å². The van der Waals surface area contributed by atoms with Gasteiger partial charge in [0.15, 0.2) is 0 Å². The fraction of sp³-hybridized carbons (Fsp3) is 0.375. The fourth-order valence-electron chi connectivity index (χ4n) is 2.73. The maximum atomic E-state index is 13.2. The molecule has 0 unspecified atom stereocenters. The number of hydrogen-bond acceptors (Lipinski definition) is 3. The lowest BCUT2D eigenvalue weighted by Gasteiger charge is -2.30. The number of rotatable bonds is 3. The number of carboxylic acid groups (broad SMARTS) is 1. The Morgan fingerprint density at radius 2 is 1.96 bits per heavy atom. The average Bonchev–Trinajstić information content (AvgIpc) is 3.09. The van der Waals surface area contributed by atoms with E-state index >= 15 is 0 Å². The Balaban J connectivity index is 1.81. The quantitative estimate of drug-likeness (QED) is 0.916. The van der Waals surface area contributed by atoms with E-state index in [4.69, 9.17) is 9.84 Å². The van der Waals surface area contributed by atoms with Crippen molar-refractivity contribution in [2.24, 2.45) is 0 Å². The molecule has 1 N–H and O–H groups in total. The molecular weight excluding hydrogens is 339 g/mol. The average molecular weight is 355 g/mol. The minimum absolute atomic E-state index is 0.0918. The molecular formula is C16H16F3N3O3. The summed E-state index contributed by atoms with van der Waals surface area (Å²) in [7, 11) is 0. The van der Waals surface area contributed by atoms with Gasteiger partial charge in [-0.15, -0.1) is 0 Å². The Kier molecular flexibility index (Phi) is 4.56. The Labute approximate surface area is 141 Å². The highest BCUT2D eigenvalue weighted by Gasteiger charge is 2.32. The Hall–Kier alpha value is -2.71. The summed E-state index contributed by atoms with van der Waals surface area (Å²) in [4.78, 5) is 12.2. The number of aromatic nitrogens is 2. The number of carbonyl (C=O) groups is 1. The molecule has 0 spiro atoms. The summed E-state index contributed by atoms with van der Waals surface area (Å²) in [6, 6.07) is 5.07. The molecule has 1 aliphatic rings. The summed E-state index contributed by atoms with van der Waals surface area (Å²) in [5.74, 6) is 0.0918. The maximum absolute atomic E-state index is 13.2. The van der Waals surface area contributed by atoms with Crippen LogP contribution in [0.5, 0.6) is 5.75 Å². The van der Waals surface area contributed by atoms with Gasteiger partial charge in [0.05, 0.1) is 11.3 Å². The number of piperidine rings is 1. The summed E-state index contributed by atoms with van der Waals surface area (Å²) in [6.45, 7) is 0.593. The van der Waals surface area contributed by atoms with E-state index in [2.05, 4.69) is 5.10 Å². The van der Waals surface area contributed by atoms with Crippen LogP contribution in [-0.2, 0) is 6.18 Å². The molecule has 1 aliphatic heterocycles. The van der Waals surface area contributed by atoms with Crippen molar-refractivity contribution in [2.45, 2.75) is 25.1 Å². The van der Waals surface area contributed by atoms with Crippen molar-refractivity contribution in [3.8, 4) is 11.4 Å². The van der Waals surface area contributed by atoms with Gasteiger partial charge < -0.3 is 14.7 Å². The molecule has 134 valence electrons. The highest BCUT2D eigenvalue weighted by Crippen LogP contribution is 2.34. The predicted octanol–water partition coefficient (Wildman–Crippen LogP) is 3.41. The van der Waals surface area contributed by atoms with Crippen LogP contribution in [0.4, 0.5) is 18.0 Å². The molecule has 6 nitrogen and oxygen atoms in total. The van der Waals surface area contributed by atoms with Crippen molar-refractivity contribution < 1.29 is 27.8 Å². The number of ether oxygens (including phenoxy) is 1. The minimum atomic E-state index is -4.51. The van der Waals surface area contributed by atoms with Crippen LogP contribution in [0, 0.1) is 0 Å². The zero-order chi connectivity index (χ0) is 18.0. The van der Waals surface area contributed by atoms with Crippen molar-refractivity contribution >= 4 is 6.09 Å². The molecule has 1 aromatic heterocycles. The van der Waals surface area contributed by atoms with Crippen LogP contribution >= 0.6 is 0 Å². The molecule has 2 aromatic rings. The Morgan fingerprint density at radius 1 is 1.24 bits per heavy atom. The van der Waals surface area contributed by atoms with Crippen LogP contribution < -0.4 is 4.74 Å². The van der Waals surface area contributed by atoms with E-state index in [0.717, 1.165) is 12.1 Å². The van der Waals surface area contributed by atoms with Crippen LogP contribution in [-0.4, -0.2) is 45.1 Å². The third-order valence-electron chi connectivity index (χ3n) is 4.00.